The van der Waals surface area contributed by atoms with Crippen LogP contribution in [0.5, 0.6) is 0 Å². The van der Waals surface area contributed by atoms with Crippen molar-refractivity contribution in [3.05, 3.63) is 92.1 Å². The second-order valence-corrected chi connectivity index (χ2v) is 7.95. The maximum atomic E-state index is 14.0. The normalized spacial score (nSPS) is 11.0. The molecule has 10 nitrogen and oxygen atoms in total. The molecule has 0 fully saturated rings. The number of fused-ring (bicyclic) bond motifs is 1. The van der Waals surface area contributed by atoms with Gasteiger partial charge in [-0.3, -0.25) is 19.1 Å². The van der Waals surface area contributed by atoms with Gasteiger partial charge >= 0.3 is 11.7 Å². The number of furan rings is 1. The minimum Gasteiger partial charge on any atom is -0.450 e. The van der Waals surface area contributed by atoms with E-state index in [1.807, 2.05) is 6.07 Å². The number of nitrogens with two attached hydrogens (primary N) is 1. The van der Waals surface area contributed by atoms with Crippen LogP contribution in [0.1, 0.15) is 28.6 Å². The average Bonchev–Trinajstić information content (AvgIpc) is 3.21. The molecule has 4 rings (SSSR count). The fourth-order valence-corrected chi connectivity index (χ4v) is 3.89. The Hall–Kier alpha value is -4.67. The largest absolute Gasteiger partial charge is 0.450 e. The van der Waals surface area contributed by atoms with Gasteiger partial charge in [-0.15, -0.1) is 0 Å². The molecule has 2 aromatic carbocycles. The van der Waals surface area contributed by atoms with Crippen LogP contribution in [-0.2, 0) is 16.1 Å². The lowest BCUT2D eigenvalue weighted by Gasteiger charge is -2.23. The van der Waals surface area contributed by atoms with Crippen molar-refractivity contribution >= 4 is 34.4 Å². The Labute approximate surface area is 203 Å². The summed E-state index contributed by atoms with van der Waals surface area (Å²) in [6.07, 6.45) is 0. The van der Waals surface area contributed by atoms with E-state index in [4.69, 9.17) is 14.9 Å². The number of para-hydroxylation sites is 1. The molecular formula is C25H23FN4O6. The molecule has 0 saturated heterocycles. The van der Waals surface area contributed by atoms with E-state index in [9.17, 15) is 23.6 Å². The van der Waals surface area contributed by atoms with Crippen molar-refractivity contribution in [2.24, 2.45) is 0 Å². The summed E-state index contributed by atoms with van der Waals surface area (Å²) in [5.41, 5.74) is 5.36. The molecule has 36 heavy (non-hydrogen) atoms. The summed E-state index contributed by atoms with van der Waals surface area (Å²) < 4.78 is 25.6. The second kappa shape index (κ2) is 9.90. The number of likely N-dealkylation sites (N-methyl/N-ethyl adjacent to an activating group) is 1. The minimum atomic E-state index is -0.969. The molecule has 0 atom stereocenters. The number of nitrogen functional groups attached to an aromatic ring is 1. The number of aromatic amines is 1. The number of nitrogens with one attached hydrogen (secondary N) is 1. The standard InChI is InChI=1S/C25H23FN4O6/c1-3-29(19-22(27)30(25(34)28-23(19)32)12-15-8-5-4-6-9-15)18(31)13-35-24(33)20-14(2)16-10-7-11-17(26)21(16)36-20/h4-11H,3,12-13,27H2,1-2H3,(H,28,32,34). The topological polar surface area (TPSA) is 141 Å². The molecule has 11 heteroatoms. The average molecular weight is 494 g/mol. The van der Waals surface area contributed by atoms with Crippen molar-refractivity contribution in [3.8, 4) is 0 Å². The van der Waals surface area contributed by atoms with Crippen LogP contribution in [-0.4, -0.2) is 34.6 Å². The molecule has 0 spiro atoms. The quantitative estimate of drug-likeness (QED) is 0.376. The molecule has 1 amide bonds. The highest BCUT2D eigenvalue weighted by Crippen LogP contribution is 2.27. The first kappa shape index (κ1) is 24.5. The number of ether oxygens (including phenoxy) is 1. The summed E-state index contributed by atoms with van der Waals surface area (Å²) in [5, 5.41) is 0.406. The summed E-state index contributed by atoms with van der Waals surface area (Å²) in [5.74, 6) is -2.81. The van der Waals surface area contributed by atoms with E-state index in [0.717, 1.165) is 15.0 Å². The molecule has 0 unspecified atom stereocenters. The smallest absolute Gasteiger partial charge is 0.375 e. The highest BCUT2D eigenvalue weighted by molar-refractivity contribution is 6.00. The van der Waals surface area contributed by atoms with Gasteiger partial charge in [0.1, 0.15) is 5.82 Å². The van der Waals surface area contributed by atoms with Gasteiger partial charge in [-0.2, -0.15) is 0 Å². The molecule has 4 aromatic rings. The van der Waals surface area contributed by atoms with E-state index < -0.39 is 35.5 Å². The molecule has 0 bridgehead atoms. The first-order valence-corrected chi connectivity index (χ1v) is 11.0. The number of aromatic nitrogens is 2. The molecule has 0 aliphatic rings. The number of carbonyl (C=O) groups is 2. The third-order valence-corrected chi connectivity index (χ3v) is 5.71. The molecule has 186 valence electrons. The number of carbonyl (C=O) groups excluding carboxylic acids is 2. The van der Waals surface area contributed by atoms with Gasteiger partial charge in [-0.25, -0.2) is 14.0 Å². The minimum absolute atomic E-state index is 0.00206. The van der Waals surface area contributed by atoms with Crippen LogP contribution in [0.3, 0.4) is 0 Å². The van der Waals surface area contributed by atoms with E-state index in [-0.39, 0.29) is 35.9 Å². The maximum Gasteiger partial charge on any atom is 0.375 e. The summed E-state index contributed by atoms with van der Waals surface area (Å²) in [4.78, 5) is 53.7. The number of aryl methyl sites for hydroxylation is 1. The van der Waals surface area contributed by atoms with Crippen LogP contribution in [0.25, 0.3) is 11.0 Å². The number of anilines is 2. The third-order valence-electron chi connectivity index (χ3n) is 5.71. The Morgan fingerprint density at radius 1 is 1.14 bits per heavy atom. The number of nitrogens with zero attached hydrogens (tertiary/aromatic N) is 2. The van der Waals surface area contributed by atoms with Gasteiger partial charge < -0.3 is 19.8 Å². The maximum absolute atomic E-state index is 14.0. The Bertz CT molecular complexity index is 1570. The zero-order chi connectivity index (χ0) is 26.0. The predicted octanol–water partition coefficient (Wildman–Crippen LogP) is 2.57. The summed E-state index contributed by atoms with van der Waals surface area (Å²) in [6, 6.07) is 13.2. The van der Waals surface area contributed by atoms with Crippen LogP contribution >= 0.6 is 0 Å². The van der Waals surface area contributed by atoms with Crippen molar-refractivity contribution < 1.29 is 23.1 Å². The number of amides is 1. The van der Waals surface area contributed by atoms with Gasteiger partial charge in [0.15, 0.2) is 23.7 Å². The molecule has 2 aromatic heterocycles. The van der Waals surface area contributed by atoms with Gasteiger partial charge in [0, 0.05) is 17.5 Å². The first-order chi connectivity index (χ1) is 17.2. The predicted molar refractivity (Wildman–Crippen MR) is 130 cm³/mol. The van der Waals surface area contributed by atoms with Crippen molar-refractivity contribution in [1.29, 1.82) is 0 Å². The number of rotatable bonds is 7. The molecule has 0 radical (unpaired) electrons. The highest BCUT2D eigenvalue weighted by Gasteiger charge is 2.26. The van der Waals surface area contributed by atoms with Gasteiger partial charge in [0.2, 0.25) is 5.76 Å². The molecular weight excluding hydrogens is 471 g/mol. The van der Waals surface area contributed by atoms with Crippen LogP contribution in [0.15, 0.2) is 62.5 Å². The summed E-state index contributed by atoms with van der Waals surface area (Å²) in [6.45, 7) is 2.48. The van der Waals surface area contributed by atoms with Crippen molar-refractivity contribution in [2.45, 2.75) is 20.4 Å². The Balaban J connectivity index is 1.57. The Kier molecular flexibility index (Phi) is 6.73. The zero-order valence-electron chi connectivity index (χ0n) is 19.5. The third kappa shape index (κ3) is 4.50. The second-order valence-electron chi connectivity index (χ2n) is 7.95. The number of halogens is 1. The summed E-state index contributed by atoms with van der Waals surface area (Å²) >= 11 is 0. The highest BCUT2D eigenvalue weighted by atomic mass is 19.1. The van der Waals surface area contributed by atoms with Gasteiger partial charge in [-0.05, 0) is 25.5 Å². The fraction of sp³-hybridized carbons (Fsp3) is 0.200. The lowest BCUT2D eigenvalue weighted by molar-refractivity contribution is -0.121. The van der Waals surface area contributed by atoms with Crippen LogP contribution in [0.4, 0.5) is 15.9 Å². The number of hydrogen-bond donors (Lipinski definition) is 2. The zero-order valence-corrected chi connectivity index (χ0v) is 19.5. The van der Waals surface area contributed by atoms with E-state index in [1.165, 1.54) is 12.1 Å². The molecule has 0 aliphatic carbocycles. The number of benzene rings is 2. The van der Waals surface area contributed by atoms with Gasteiger partial charge in [-0.1, -0.05) is 42.5 Å². The number of hydrogen-bond acceptors (Lipinski definition) is 7. The van der Waals surface area contributed by atoms with E-state index >= 15 is 0 Å². The number of H-pyrrole nitrogens is 1. The van der Waals surface area contributed by atoms with E-state index in [1.54, 1.807) is 44.2 Å². The fourth-order valence-electron chi connectivity index (χ4n) is 3.89. The SMILES string of the molecule is CCN(C(=O)COC(=O)c1oc2c(F)cccc2c1C)c1c(N)n(Cc2ccccc2)c(=O)[nH]c1=O. The molecule has 0 aliphatic heterocycles. The molecule has 0 saturated carbocycles. The van der Waals surface area contributed by atoms with Gasteiger partial charge in [0.05, 0.1) is 6.54 Å². The van der Waals surface area contributed by atoms with E-state index in [2.05, 4.69) is 4.98 Å². The van der Waals surface area contributed by atoms with Crippen LogP contribution in [0.2, 0.25) is 0 Å². The molecule has 2 heterocycles. The summed E-state index contributed by atoms with van der Waals surface area (Å²) in [7, 11) is 0. The molecule has 3 N–H and O–H groups in total. The van der Waals surface area contributed by atoms with E-state index in [0.29, 0.717) is 10.9 Å². The Morgan fingerprint density at radius 2 is 1.86 bits per heavy atom. The van der Waals surface area contributed by atoms with Crippen molar-refractivity contribution in [2.75, 3.05) is 23.8 Å². The lowest BCUT2D eigenvalue weighted by Crippen LogP contribution is -2.42. The van der Waals surface area contributed by atoms with Crippen LogP contribution in [0, 0.1) is 12.7 Å². The number of esters is 1. The Morgan fingerprint density at radius 3 is 2.53 bits per heavy atom. The van der Waals surface area contributed by atoms with Crippen molar-refractivity contribution in [3.63, 3.8) is 0 Å². The first-order valence-electron chi connectivity index (χ1n) is 11.0. The van der Waals surface area contributed by atoms with Gasteiger partial charge in [0.25, 0.3) is 11.5 Å². The van der Waals surface area contributed by atoms with Crippen LogP contribution < -0.4 is 21.9 Å². The lowest BCUT2D eigenvalue weighted by atomic mass is 10.1. The van der Waals surface area contributed by atoms with Crippen molar-refractivity contribution in [1.82, 2.24) is 9.55 Å². The monoisotopic (exact) mass is 494 g/mol.